The number of fused-ring (bicyclic) bond motifs is 1. The number of thiophene rings is 1. The zero-order valence-electron chi connectivity index (χ0n) is 14.6. The highest BCUT2D eigenvalue weighted by Crippen LogP contribution is 2.28. The molecule has 0 saturated carbocycles. The Morgan fingerprint density at radius 1 is 1.50 bits per heavy atom. The van der Waals surface area contributed by atoms with Crippen LogP contribution in [0.15, 0.2) is 23.8 Å². The first-order chi connectivity index (χ1) is 11.5. The van der Waals surface area contributed by atoms with Gasteiger partial charge >= 0.3 is 0 Å². The maximum Gasteiger partial charge on any atom is 0.228 e. The summed E-state index contributed by atoms with van der Waals surface area (Å²) >= 11 is 1.63. The van der Waals surface area contributed by atoms with Crippen LogP contribution in [0.25, 0.3) is 0 Å². The molecule has 1 aliphatic rings. The Morgan fingerprint density at radius 3 is 3.04 bits per heavy atom. The van der Waals surface area contributed by atoms with E-state index in [1.165, 1.54) is 5.69 Å². The summed E-state index contributed by atoms with van der Waals surface area (Å²) in [7, 11) is 2.02. The van der Waals surface area contributed by atoms with Crippen LogP contribution < -0.4 is 0 Å². The van der Waals surface area contributed by atoms with E-state index in [0.717, 1.165) is 17.2 Å². The number of imidazole rings is 1. The third-order valence-electron chi connectivity index (χ3n) is 4.26. The molecule has 24 heavy (non-hydrogen) atoms. The first kappa shape index (κ1) is 17.2. The lowest BCUT2D eigenvalue weighted by Crippen LogP contribution is -2.41. The predicted octanol–water partition coefficient (Wildman–Crippen LogP) is 2.82. The van der Waals surface area contributed by atoms with Gasteiger partial charge in [0, 0.05) is 36.7 Å². The van der Waals surface area contributed by atoms with Crippen LogP contribution >= 0.6 is 11.3 Å². The lowest BCUT2D eigenvalue weighted by atomic mass is 9.98. The molecule has 5 nitrogen and oxygen atoms in total. The van der Waals surface area contributed by atoms with E-state index in [-0.39, 0.29) is 11.8 Å². The maximum atomic E-state index is 12.7. The first-order valence-electron chi connectivity index (χ1n) is 8.42. The quantitative estimate of drug-likeness (QED) is 0.807. The SMILES string of the molecule is CC(C)COC[C@@H]1CN(C(=O)Cc2cccs2)Cc2ncn(C)c21. The average Bonchev–Trinajstić information content (AvgIpc) is 3.17. The van der Waals surface area contributed by atoms with E-state index in [0.29, 0.717) is 32.0 Å². The number of hydrogen-bond donors (Lipinski definition) is 0. The number of carbonyl (C=O) groups is 1. The molecule has 0 radical (unpaired) electrons. The third kappa shape index (κ3) is 3.87. The van der Waals surface area contributed by atoms with Crippen molar-refractivity contribution in [3.63, 3.8) is 0 Å². The lowest BCUT2D eigenvalue weighted by Gasteiger charge is -2.33. The number of amides is 1. The number of aryl methyl sites for hydroxylation is 1. The minimum Gasteiger partial charge on any atom is -0.380 e. The van der Waals surface area contributed by atoms with Crippen LogP contribution in [-0.4, -0.2) is 40.1 Å². The maximum absolute atomic E-state index is 12.7. The highest BCUT2D eigenvalue weighted by Gasteiger charge is 2.31. The van der Waals surface area contributed by atoms with E-state index in [4.69, 9.17) is 4.74 Å². The number of hydrogen-bond acceptors (Lipinski definition) is 4. The third-order valence-corrected chi connectivity index (χ3v) is 5.14. The van der Waals surface area contributed by atoms with Crippen LogP contribution in [0.3, 0.4) is 0 Å². The molecule has 0 bridgehead atoms. The molecule has 6 heteroatoms. The number of aromatic nitrogens is 2. The van der Waals surface area contributed by atoms with Crippen molar-refractivity contribution in [2.45, 2.75) is 32.7 Å². The van der Waals surface area contributed by atoms with Gasteiger partial charge < -0.3 is 14.2 Å². The molecule has 0 spiro atoms. The van der Waals surface area contributed by atoms with E-state index in [9.17, 15) is 4.79 Å². The summed E-state index contributed by atoms with van der Waals surface area (Å²) in [6, 6.07) is 4.00. The van der Waals surface area contributed by atoms with Gasteiger partial charge in [0.1, 0.15) is 0 Å². The zero-order chi connectivity index (χ0) is 17.1. The normalized spacial score (nSPS) is 17.3. The predicted molar refractivity (Wildman–Crippen MR) is 95.0 cm³/mol. The molecule has 1 atom stereocenters. The number of carbonyl (C=O) groups excluding carboxylic acids is 1. The van der Waals surface area contributed by atoms with Crippen molar-refractivity contribution in [1.82, 2.24) is 14.5 Å². The smallest absolute Gasteiger partial charge is 0.228 e. The molecule has 0 fully saturated rings. The van der Waals surface area contributed by atoms with Gasteiger partial charge in [0.05, 0.1) is 31.6 Å². The topological polar surface area (TPSA) is 47.4 Å². The van der Waals surface area contributed by atoms with E-state index < -0.39 is 0 Å². The van der Waals surface area contributed by atoms with Gasteiger partial charge in [0.15, 0.2) is 0 Å². The molecule has 3 heterocycles. The molecule has 2 aromatic rings. The molecule has 0 saturated heterocycles. The van der Waals surface area contributed by atoms with Gasteiger partial charge in [-0.3, -0.25) is 4.79 Å². The zero-order valence-corrected chi connectivity index (χ0v) is 15.4. The molecule has 1 aliphatic heterocycles. The van der Waals surface area contributed by atoms with E-state index >= 15 is 0 Å². The van der Waals surface area contributed by atoms with Gasteiger partial charge in [-0.05, 0) is 17.4 Å². The van der Waals surface area contributed by atoms with Crippen LogP contribution in [0.1, 0.15) is 36.0 Å². The Balaban J connectivity index is 1.71. The minimum atomic E-state index is 0.169. The summed E-state index contributed by atoms with van der Waals surface area (Å²) < 4.78 is 7.94. The number of nitrogens with zero attached hydrogens (tertiary/aromatic N) is 3. The molecule has 3 rings (SSSR count). The second-order valence-electron chi connectivity index (χ2n) is 6.85. The van der Waals surface area contributed by atoms with Crippen molar-refractivity contribution in [3.05, 3.63) is 40.1 Å². The highest BCUT2D eigenvalue weighted by atomic mass is 32.1. The largest absolute Gasteiger partial charge is 0.380 e. The molecular formula is C18H25N3O2S. The van der Waals surface area contributed by atoms with Gasteiger partial charge in [0.25, 0.3) is 0 Å². The van der Waals surface area contributed by atoms with Gasteiger partial charge in [-0.1, -0.05) is 19.9 Å². The van der Waals surface area contributed by atoms with E-state index in [2.05, 4.69) is 23.4 Å². The Labute approximate surface area is 147 Å². The van der Waals surface area contributed by atoms with Crippen LogP contribution in [-0.2, 0) is 29.5 Å². The minimum absolute atomic E-state index is 0.169. The second-order valence-corrected chi connectivity index (χ2v) is 7.88. The standard InChI is InChI=1S/C18H25N3O2S/c1-13(2)10-23-11-14-8-21(9-16-18(14)20(3)12-19-16)17(22)7-15-5-4-6-24-15/h4-6,12-14H,7-11H2,1-3H3/t14-/m0/s1. The van der Waals surface area contributed by atoms with Gasteiger partial charge in [-0.2, -0.15) is 0 Å². The van der Waals surface area contributed by atoms with Crippen LogP contribution in [0.4, 0.5) is 0 Å². The van der Waals surface area contributed by atoms with Crippen molar-refractivity contribution in [2.75, 3.05) is 19.8 Å². The lowest BCUT2D eigenvalue weighted by molar-refractivity contribution is -0.132. The molecule has 0 aliphatic carbocycles. The Hall–Kier alpha value is -1.66. The molecular weight excluding hydrogens is 322 g/mol. The van der Waals surface area contributed by atoms with Gasteiger partial charge in [0.2, 0.25) is 5.91 Å². The first-order valence-corrected chi connectivity index (χ1v) is 9.30. The summed E-state index contributed by atoms with van der Waals surface area (Å²) in [5.41, 5.74) is 2.21. The fraction of sp³-hybridized carbons (Fsp3) is 0.556. The van der Waals surface area contributed by atoms with Crippen LogP contribution in [0.2, 0.25) is 0 Å². The Morgan fingerprint density at radius 2 is 2.33 bits per heavy atom. The molecule has 0 N–H and O–H groups in total. The molecule has 1 amide bonds. The summed E-state index contributed by atoms with van der Waals surface area (Å²) in [6.45, 7) is 6.97. The van der Waals surface area contributed by atoms with E-state index in [1.54, 1.807) is 11.3 Å². The fourth-order valence-corrected chi connectivity index (χ4v) is 3.87. The van der Waals surface area contributed by atoms with Gasteiger partial charge in [-0.25, -0.2) is 4.98 Å². The summed E-state index contributed by atoms with van der Waals surface area (Å²) in [5.74, 6) is 0.867. The van der Waals surface area contributed by atoms with Crippen LogP contribution in [0, 0.1) is 5.92 Å². The monoisotopic (exact) mass is 347 g/mol. The van der Waals surface area contributed by atoms with Crippen molar-refractivity contribution < 1.29 is 9.53 Å². The Bertz CT molecular complexity index is 679. The summed E-state index contributed by atoms with van der Waals surface area (Å²) in [6.07, 6.45) is 2.31. The Kier molecular flexibility index (Phi) is 5.36. The van der Waals surface area contributed by atoms with Crippen molar-refractivity contribution in [3.8, 4) is 0 Å². The summed E-state index contributed by atoms with van der Waals surface area (Å²) in [4.78, 5) is 20.2. The molecule has 130 valence electrons. The highest BCUT2D eigenvalue weighted by molar-refractivity contribution is 7.10. The summed E-state index contributed by atoms with van der Waals surface area (Å²) in [5, 5.41) is 2.01. The van der Waals surface area contributed by atoms with Crippen LogP contribution in [0.5, 0.6) is 0 Å². The van der Waals surface area contributed by atoms with Crippen molar-refractivity contribution in [1.29, 1.82) is 0 Å². The number of rotatable bonds is 6. The van der Waals surface area contributed by atoms with Gasteiger partial charge in [-0.15, -0.1) is 11.3 Å². The number of ether oxygens (including phenoxy) is 1. The molecule has 0 unspecified atom stereocenters. The van der Waals surface area contributed by atoms with E-state index in [1.807, 2.05) is 35.8 Å². The molecule has 0 aromatic carbocycles. The van der Waals surface area contributed by atoms with Crippen molar-refractivity contribution in [2.24, 2.45) is 13.0 Å². The average molecular weight is 347 g/mol. The molecule has 2 aromatic heterocycles. The fourth-order valence-electron chi connectivity index (χ4n) is 3.17. The van der Waals surface area contributed by atoms with Crippen molar-refractivity contribution >= 4 is 17.2 Å². The second kappa shape index (κ2) is 7.49.